The summed E-state index contributed by atoms with van der Waals surface area (Å²) in [6.45, 7) is -1.94. The third-order valence-electron chi connectivity index (χ3n) is 1.29. The number of alkyl halides is 2. The molecule has 1 heterocycles. The van der Waals surface area contributed by atoms with Crippen molar-refractivity contribution in [3.8, 4) is 0 Å². The van der Waals surface area contributed by atoms with Crippen molar-refractivity contribution in [3.05, 3.63) is 0 Å². The molecule has 1 saturated heterocycles. The summed E-state index contributed by atoms with van der Waals surface area (Å²) in [5, 5.41) is 0. The fourth-order valence-electron chi connectivity index (χ4n) is 0.719. The number of carbonyl (C=O) groups is 2. The Morgan fingerprint density at radius 1 is 1.43 bits per heavy atom. The molecule has 2 atom stereocenters. The predicted molar refractivity (Wildman–Crippen MR) is 34.7 cm³/mol. The van der Waals surface area contributed by atoms with Gasteiger partial charge < -0.3 is 18.9 Å². The highest BCUT2D eigenvalue weighted by atomic mass is 19.1. The van der Waals surface area contributed by atoms with E-state index in [1.807, 2.05) is 0 Å². The number of hydrogen-bond donors (Lipinski definition) is 0. The van der Waals surface area contributed by atoms with Crippen molar-refractivity contribution in [3.63, 3.8) is 0 Å². The average Bonchev–Trinajstić information content (AvgIpc) is 2.42. The van der Waals surface area contributed by atoms with E-state index in [4.69, 9.17) is 0 Å². The van der Waals surface area contributed by atoms with Gasteiger partial charge in [0.2, 0.25) is 13.0 Å². The van der Waals surface area contributed by atoms with Crippen molar-refractivity contribution in [1.29, 1.82) is 0 Å². The second-order valence-corrected chi connectivity index (χ2v) is 2.19. The first-order valence-corrected chi connectivity index (χ1v) is 3.50. The highest BCUT2D eigenvalue weighted by Crippen LogP contribution is 2.16. The fraction of sp³-hybridized carbons (Fsp3) is 0.667. The topological polar surface area (TPSA) is 71.1 Å². The molecule has 0 bridgehead atoms. The third-order valence-corrected chi connectivity index (χ3v) is 1.29. The molecule has 0 aromatic rings. The summed E-state index contributed by atoms with van der Waals surface area (Å²) in [5.74, 6) is 0. The van der Waals surface area contributed by atoms with E-state index >= 15 is 0 Å². The Kier molecular flexibility index (Phi) is 3.43. The van der Waals surface area contributed by atoms with Crippen molar-refractivity contribution in [2.75, 3.05) is 13.5 Å². The lowest BCUT2D eigenvalue weighted by molar-refractivity contribution is -0.0239. The molecule has 80 valence electrons. The molecule has 0 aromatic carbocycles. The Balaban J connectivity index is 2.24. The van der Waals surface area contributed by atoms with Crippen LogP contribution in [-0.4, -0.2) is 38.2 Å². The summed E-state index contributed by atoms with van der Waals surface area (Å²) >= 11 is 0. The third kappa shape index (κ3) is 2.71. The fourth-order valence-corrected chi connectivity index (χ4v) is 0.719. The van der Waals surface area contributed by atoms with Gasteiger partial charge in [0.25, 0.3) is 6.36 Å². The Morgan fingerprint density at radius 3 is 2.64 bits per heavy atom. The standard InChI is InChI=1S/C6H6F2O6/c7-2-12-5(9)11-1-3-4(8)14-6(10)13-3/h3-4H,1-2H2. The van der Waals surface area contributed by atoms with Crippen LogP contribution in [0.1, 0.15) is 0 Å². The van der Waals surface area contributed by atoms with Crippen LogP contribution in [0.5, 0.6) is 0 Å². The van der Waals surface area contributed by atoms with E-state index in [0.29, 0.717) is 0 Å². The van der Waals surface area contributed by atoms with Crippen molar-refractivity contribution in [2.45, 2.75) is 12.5 Å². The molecule has 1 aliphatic heterocycles. The van der Waals surface area contributed by atoms with Crippen molar-refractivity contribution >= 4 is 12.3 Å². The maximum atomic E-state index is 12.6. The van der Waals surface area contributed by atoms with Gasteiger partial charge in [-0.2, -0.15) is 4.39 Å². The van der Waals surface area contributed by atoms with E-state index in [1.54, 1.807) is 0 Å². The Bertz CT molecular complexity index is 232. The normalized spacial score (nSPS) is 25.1. The molecule has 0 saturated carbocycles. The Labute approximate surface area is 76.7 Å². The minimum atomic E-state index is -2.00. The smallest absolute Gasteiger partial charge is 0.430 e. The molecular weight excluding hydrogens is 206 g/mol. The van der Waals surface area contributed by atoms with Gasteiger partial charge in [-0.3, -0.25) is 0 Å². The lowest BCUT2D eigenvalue weighted by Gasteiger charge is -2.08. The number of rotatable bonds is 3. The van der Waals surface area contributed by atoms with E-state index in [1.165, 1.54) is 0 Å². The zero-order chi connectivity index (χ0) is 10.6. The summed E-state index contributed by atoms with van der Waals surface area (Å²) < 4.78 is 40.1. The summed E-state index contributed by atoms with van der Waals surface area (Å²) in [6, 6.07) is 0. The molecule has 0 N–H and O–H groups in total. The molecule has 1 aliphatic rings. The quantitative estimate of drug-likeness (QED) is 0.647. The molecule has 0 spiro atoms. The van der Waals surface area contributed by atoms with E-state index in [2.05, 4.69) is 18.9 Å². The molecule has 8 heteroatoms. The predicted octanol–water partition coefficient (Wildman–Crippen LogP) is 0.898. The molecule has 0 aromatic heterocycles. The monoisotopic (exact) mass is 212 g/mol. The van der Waals surface area contributed by atoms with Gasteiger partial charge >= 0.3 is 12.3 Å². The van der Waals surface area contributed by atoms with Crippen LogP contribution in [0.2, 0.25) is 0 Å². The molecule has 6 nitrogen and oxygen atoms in total. The van der Waals surface area contributed by atoms with Crippen LogP contribution in [-0.2, 0) is 18.9 Å². The summed E-state index contributed by atoms with van der Waals surface area (Å²) in [4.78, 5) is 20.7. The Morgan fingerprint density at radius 2 is 2.14 bits per heavy atom. The molecule has 0 aliphatic carbocycles. The van der Waals surface area contributed by atoms with Gasteiger partial charge in [0, 0.05) is 0 Å². The van der Waals surface area contributed by atoms with Crippen LogP contribution < -0.4 is 0 Å². The van der Waals surface area contributed by atoms with E-state index in [0.717, 1.165) is 0 Å². The van der Waals surface area contributed by atoms with Crippen LogP contribution in [0.4, 0.5) is 18.4 Å². The first-order valence-electron chi connectivity index (χ1n) is 3.50. The van der Waals surface area contributed by atoms with Gasteiger partial charge in [0.1, 0.15) is 6.61 Å². The van der Waals surface area contributed by atoms with Crippen LogP contribution >= 0.6 is 0 Å². The first-order chi connectivity index (χ1) is 6.63. The second-order valence-electron chi connectivity index (χ2n) is 2.19. The van der Waals surface area contributed by atoms with Crippen LogP contribution in [0, 0.1) is 0 Å². The van der Waals surface area contributed by atoms with Gasteiger partial charge in [0.05, 0.1) is 0 Å². The number of hydrogen-bond acceptors (Lipinski definition) is 6. The molecular formula is C6H6F2O6. The van der Waals surface area contributed by atoms with Gasteiger partial charge in [0.15, 0.2) is 0 Å². The SMILES string of the molecule is O=C(OCF)OCC1OC(=O)OC1F. The highest BCUT2D eigenvalue weighted by Gasteiger charge is 2.37. The average molecular weight is 212 g/mol. The van der Waals surface area contributed by atoms with Gasteiger partial charge in [-0.1, -0.05) is 0 Å². The Hall–Kier alpha value is -1.60. The summed E-state index contributed by atoms with van der Waals surface area (Å²) in [5.41, 5.74) is 0. The van der Waals surface area contributed by atoms with Gasteiger partial charge in [-0.05, 0) is 0 Å². The maximum Gasteiger partial charge on any atom is 0.511 e. The zero-order valence-corrected chi connectivity index (χ0v) is 6.77. The number of halogens is 2. The summed E-state index contributed by atoms with van der Waals surface area (Å²) in [7, 11) is 0. The van der Waals surface area contributed by atoms with Crippen LogP contribution in [0.15, 0.2) is 0 Å². The number of cyclic esters (lactones) is 2. The minimum Gasteiger partial charge on any atom is -0.430 e. The van der Waals surface area contributed by atoms with Crippen molar-refractivity contribution in [1.82, 2.24) is 0 Å². The highest BCUT2D eigenvalue weighted by molar-refractivity contribution is 5.62. The molecule has 14 heavy (non-hydrogen) atoms. The van der Waals surface area contributed by atoms with Crippen LogP contribution in [0.25, 0.3) is 0 Å². The number of ether oxygens (including phenoxy) is 4. The molecule has 1 rings (SSSR count). The van der Waals surface area contributed by atoms with E-state index in [-0.39, 0.29) is 0 Å². The van der Waals surface area contributed by atoms with Gasteiger partial charge in [-0.25, -0.2) is 14.0 Å². The lowest BCUT2D eigenvalue weighted by Crippen LogP contribution is -2.26. The maximum absolute atomic E-state index is 12.6. The zero-order valence-electron chi connectivity index (χ0n) is 6.77. The molecule has 0 amide bonds. The number of carbonyl (C=O) groups excluding carboxylic acids is 2. The van der Waals surface area contributed by atoms with E-state index < -0.39 is 38.2 Å². The molecule has 1 fully saturated rings. The molecule has 2 unspecified atom stereocenters. The van der Waals surface area contributed by atoms with Crippen molar-refractivity contribution in [2.24, 2.45) is 0 Å². The van der Waals surface area contributed by atoms with Gasteiger partial charge in [-0.15, -0.1) is 0 Å². The van der Waals surface area contributed by atoms with E-state index in [9.17, 15) is 18.4 Å². The second kappa shape index (κ2) is 4.58. The minimum absolute atomic E-state index is 0.592. The largest absolute Gasteiger partial charge is 0.511 e. The summed E-state index contributed by atoms with van der Waals surface area (Å²) in [6.07, 6.45) is -5.84. The lowest BCUT2D eigenvalue weighted by atomic mass is 10.4. The van der Waals surface area contributed by atoms with Crippen molar-refractivity contribution < 1.29 is 37.3 Å². The molecule has 0 radical (unpaired) electrons. The first kappa shape index (κ1) is 10.5. The van der Waals surface area contributed by atoms with Crippen LogP contribution in [0.3, 0.4) is 0 Å².